The van der Waals surface area contributed by atoms with E-state index in [1.54, 1.807) is 0 Å². The molecule has 0 bridgehead atoms. The Bertz CT molecular complexity index is 913. The van der Waals surface area contributed by atoms with Gasteiger partial charge in [0.15, 0.2) is 0 Å². The highest BCUT2D eigenvalue weighted by Crippen LogP contribution is 2.37. The Morgan fingerprint density at radius 3 is 2.48 bits per heavy atom. The summed E-state index contributed by atoms with van der Waals surface area (Å²) in [6.45, 7) is 7.98. The zero-order chi connectivity index (χ0) is 22.0. The number of nitrogens with zero attached hydrogens (tertiary/aromatic N) is 1. The average Bonchev–Trinajstić information content (AvgIpc) is 3.07. The molecule has 2 aliphatic rings. The zero-order valence-electron chi connectivity index (χ0n) is 19.1. The van der Waals surface area contributed by atoms with Crippen LogP contribution >= 0.6 is 0 Å². The fourth-order valence-electron chi connectivity index (χ4n) is 4.81. The van der Waals surface area contributed by atoms with Crippen LogP contribution in [-0.2, 0) is 24.1 Å². The average molecular weight is 422 g/mol. The summed E-state index contributed by atoms with van der Waals surface area (Å²) in [7, 11) is 0. The van der Waals surface area contributed by atoms with Crippen molar-refractivity contribution < 1.29 is 14.6 Å². The van der Waals surface area contributed by atoms with Crippen molar-refractivity contribution in [2.45, 2.75) is 76.9 Å². The first-order valence-electron chi connectivity index (χ1n) is 11.7. The number of aliphatic hydroxyl groups excluding tert-OH is 1. The third-order valence-electron chi connectivity index (χ3n) is 6.71. The van der Waals surface area contributed by atoms with E-state index in [9.17, 15) is 9.90 Å². The van der Waals surface area contributed by atoms with Gasteiger partial charge in [-0.3, -0.25) is 4.79 Å². The maximum Gasteiger partial charge on any atom is 0.222 e. The molecule has 4 rings (SSSR count). The summed E-state index contributed by atoms with van der Waals surface area (Å²) in [5, 5.41) is 9.63. The molecule has 0 radical (unpaired) electrons. The van der Waals surface area contributed by atoms with Crippen LogP contribution < -0.4 is 4.74 Å². The van der Waals surface area contributed by atoms with Gasteiger partial charge < -0.3 is 14.7 Å². The molecular formula is C27H35NO3. The molecule has 1 unspecified atom stereocenters. The fourth-order valence-corrected chi connectivity index (χ4v) is 4.81. The van der Waals surface area contributed by atoms with Crippen LogP contribution in [0.3, 0.4) is 0 Å². The summed E-state index contributed by atoms with van der Waals surface area (Å²) in [5.74, 6) is 1.71. The van der Waals surface area contributed by atoms with Crippen molar-refractivity contribution in [1.82, 2.24) is 4.90 Å². The van der Waals surface area contributed by atoms with Crippen LogP contribution in [0, 0.1) is 0 Å². The second-order valence-electron chi connectivity index (χ2n) is 9.86. The lowest BCUT2D eigenvalue weighted by Gasteiger charge is -2.29. The van der Waals surface area contributed by atoms with Crippen LogP contribution in [0.4, 0.5) is 0 Å². The van der Waals surface area contributed by atoms with Gasteiger partial charge in [-0.1, -0.05) is 50.2 Å². The Morgan fingerprint density at radius 2 is 1.81 bits per heavy atom. The zero-order valence-corrected chi connectivity index (χ0v) is 19.1. The van der Waals surface area contributed by atoms with Gasteiger partial charge >= 0.3 is 0 Å². The molecule has 0 saturated carbocycles. The monoisotopic (exact) mass is 421 g/mol. The van der Waals surface area contributed by atoms with E-state index in [4.69, 9.17) is 4.74 Å². The second-order valence-corrected chi connectivity index (χ2v) is 9.86. The topological polar surface area (TPSA) is 49.8 Å². The summed E-state index contributed by atoms with van der Waals surface area (Å²) in [6, 6.07) is 15.3. The molecule has 4 nitrogen and oxygen atoms in total. The Kier molecular flexibility index (Phi) is 6.38. The van der Waals surface area contributed by atoms with E-state index in [2.05, 4.69) is 63.2 Å². The molecule has 31 heavy (non-hydrogen) atoms. The van der Waals surface area contributed by atoms with Crippen molar-refractivity contribution in [3.63, 3.8) is 0 Å². The minimum atomic E-state index is -0.247. The minimum Gasteiger partial charge on any atom is -0.487 e. The van der Waals surface area contributed by atoms with Crippen LogP contribution in [0.15, 0.2) is 42.5 Å². The Labute approximate surface area is 186 Å². The van der Waals surface area contributed by atoms with Crippen LogP contribution in [0.5, 0.6) is 5.75 Å². The predicted molar refractivity (Wildman–Crippen MR) is 124 cm³/mol. The van der Waals surface area contributed by atoms with Gasteiger partial charge in [-0.2, -0.15) is 0 Å². The first-order valence-corrected chi connectivity index (χ1v) is 11.7. The van der Waals surface area contributed by atoms with Crippen molar-refractivity contribution in [1.29, 1.82) is 0 Å². The Morgan fingerprint density at radius 1 is 1.13 bits per heavy atom. The van der Waals surface area contributed by atoms with Crippen LogP contribution in [0.2, 0.25) is 0 Å². The summed E-state index contributed by atoms with van der Waals surface area (Å²) in [5.41, 5.74) is 4.87. The molecule has 0 aromatic heterocycles. The SMILES string of the molecule is CC(C)c1ccc(CC2(C)Cc3cc(CCC(=O)N4CCC(O)CC4)ccc3O2)cc1. The lowest BCUT2D eigenvalue weighted by atomic mass is 9.90. The fraction of sp³-hybridized carbons (Fsp3) is 0.519. The largest absolute Gasteiger partial charge is 0.487 e. The second kappa shape index (κ2) is 9.04. The van der Waals surface area contributed by atoms with E-state index < -0.39 is 0 Å². The standard InChI is InChI=1S/C27H35NO3/c1-19(2)22-8-4-21(5-9-22)17-27(3)18-23-16-20(6-10-25(23)31-27)7-11-26(30)28-14-12-24(29)13-15-28/h4-6,8-10,16,19,24,29H,7,11-15,17-18H2,1-3H3. The highest BCUT2D eigenvalue weighted by Gasteiger charge is 2.35. The molecule has 2 aromatic carbocycles. The number of ether oxygens (including phenoxy) is 1. The molecular weight excluding hydrogens is 386 g/mol. The molecule has 0 spiro atoms. The van der Waals surface area contributed by atoms with E-state index in [0.29, 0.717) is 38.3 Å². The van der Waals surface area contributed by atoms with Gasteiger partial charge in [-0.15, -0.1) is 0 Å². The third-order valence-corrected chi connectivity index (χ3v) is 6.71. The highest BCUT2D eigenvalue weighted by atomic mass is 16.5. The number of carbonyl (C=O) groups excluding carboxylic acids is 1. The van der Waals surface area contributed by atoms with Gasteiger partial charge in [-0.25, -0.2) is 0 Å². The van der Waals surface area contributed by atoms with Crippen LogP contribution in [0.25, 0.3) is 0 Å². The van der Waals surface area contributed by atoms with Gasteiger partial charge in [-0.05, 0) is 60.4 Å². The molecule has 1 fully saturated rings. The molecule has 2 aromatic rings. The van der Waals surface area contributed by atoms with Gasteiger partial charge in [0.2, 0.25) is 5.91 Å². The van der Waals surface area contributed by atoms with Crippen molar-refractivity contribution in [2.24, 2.45) is 0 Å². The normalized spacial score (nSPS) is 21.3. The number of benzene rings is 2. The van der Waals surface area contributed by atoms with Crippen molar-refractivity contribution >= 4 is 5.91 Å². The number of amides is 1. The highest BCUT2D eigenvalue weighted by molar-refractivity contribution is 5.76. The van der Waals surface area contributed by atoms with E-state index in [1.807, 2.05) is 4.90 Å². The van der Waals surface area contributed by atoms with Crippen molar-refractivity contribution in [3.05, 3.63) is 64.7 Å². The number of rotatable bonds is 6. The summed E-state index contributed by atoms with van der Waals surface area (Å²) < 4.78 is 6.36. The number of aliphatic hydroxyl groups is 1. The molecule has 2 heterocycles. The molecule has 2 aliphatic heterocycles. The molecule has 4 heteroatoms. The van der Waals surface area contributed by atoms with Crippen LogP contribution in [0.1, 0.15) is 68.2 Å². The predicted octanol–water partition coefficient (Wildman–Crippen LogP) is 4.66. The Hall–Kier alpha value is -2.33. The number of carbonyl (C=O) groups is 1. The summed E-state index contributed by atoms with van der Waals surface area (Å²) in [6.07, 6.45) is 4.19. The molecule has 1 N–H and O–H groups in total. The number of likely N-dealkylation sites (tertiary alicyclic amines) is 1. The van der Waals surface area contributed by atoms with Gasteiger partial charge in [0.05, 0.1) is 6.10 Å². The van der Waals surface area contributed by atoms with Crippen molar-refractivity contribution in [2.75, 3.05) is 13.1 Å². The number of fused-ring (bicyclic) bond motifs is 1. The molecule has 1 atom stereocenters. The van der Waals surface area contributed by atoms with Crippen LogP contribution in [-0.4, -0.2) is 40.7 Å². The van der Waals surface area contributed by atoms with E-state index in [1.165, 1.54) is 22.3 Å². The lowest BCUT2D eigenvalue weighted by Crippen LogP contribution is -2.40. The van der Waals surface area contributed by atoms with Gasteiger partial charge in [0.25, 0.3) is 0 Å². The number of aryl methyl sites for hydroxylation is 1. The number of piperidine rings is 1. The minimum absolute atomic E-state index is 0.193. The maximum atomic E-state index is 12.5. The van der Waals surface area contributed by atoms with Gasteiger partial charge in [0, 0.05) is 32.4 Å². The van der Waals surface area contributed by atoms with Gasteiger partial charge in [0.1, 0.15) is 11.4 Å². The first kappa shape index (κ1) is 21.9. The number of hydrogen-bond donors (Lipinski definition) is 1. The summed E-state index contributed by atoms with van der Waals surface area (Å²) in [4.78, 5) is 14.4. The summed E-state index contributed by atoms with van der Waals surface area (Å²) >= 11 is 0. The quantitative estimate of drug-likeness (QED) is 0.738. The molecule has 1 amide bonds. The van der Waals surface area contributed by atoms with E-state index >= 15 is 0 Å². The first-order chi connectivity index (χ1) is 14.8. The smallest absolute Gasteiger partial charge is 0.222 e. The third kappa shape index (κ3) is 5.30. The van der Waals surface area contributed by atoms with Crippen molar-refractivity contribution in [3.8, 4) is 5.75 Å². The number of hydrogen-bond acceptors (Lipinski definition) is 3. The maximum absolute atomic E-state index is 12.5. The van der Waals surface area contributed by atoms with E-state index in [-0.39, 0.29) is 17.6 Å². The molecule has 1 saturated heterocycles. The Balaban J connectivity index is 1.34. The van der Waals surface area contributed by atoms with E-state index in [0.717, 1.165) is 25.0 Å². The molecule has 0 aliphatic carbocycles. The lowest BCUT2D eigenvalue weighted by molar-refractivity contribution is -0.133. The molecule has 166 valence electrons.